The first-order chi connectivity index (χ1) is 6.61. The predicted molar refractivity (Wildman–Crippen MR) is 57.8 cm³/mol. The smallest absolute Gasteiger partial charge is 0.224 e. The van der Waals surface area contributed by atoms with E-state index in [-0.39, 0.29) is 17.9 Å². The molecular weight excluding hydrogens is 176 g/mol. The predicted octanol–water partition coefficient (Wildman–Crippen LogP) is 1.20. The van der Waals surface area contributed by atoms with Crippen LogP contribution in [0.15, 0.2) is 11.6 Å². The highest BCUT2D eigenvalue weighted by Crippen LogP contribution is 2.23. The SMILES string of the molecule is CC(C)=CCNC(=O)C1CCCC1N. The molecule has 1 aliphatic carbocycles. The Kier molecular flexibility index (Phi) is 4.14. The van der Waals surface area contributed by atoms with Gasteiger partial charge in [-0.15, -0.1) is 0 Å². The number of carbonyl (C=O) groups excluding carboxylic acids is 1. The number of nitrogens with one attached hydrogen (secondary N) is 1. The van der Waals surface area contributed by atoms with Gasteiger partial charge in [0.1, 0.15) is 0 Å². The zero-order chi connectivity index (χ0) is 10.6. The summed E-state index contributed by atoms with van der Waals surface area (Å²) in [4.78, 5) is 11.6. The lowest BCUT2D eigenvalue weighted by Crippen LogP contribution is -2.38. The standard InChI is InChI=1S/C11H20N2O/c1-8(2)6-7-13-11(14)9-4-3-5-10(9)12/h6,9-10H,3-5,7,12H2,1-2H3,(H,13,14). The van der Waals surface area contributed by atoms with Gasteiger partial charge in [-0.2, -0.15) is 0 Å². The van der Waals surface area contributed by atoms with Gasteiger partial charge in [0.2, 0.25) is 5.91 Å². The second kappa shape index (κ2) is 5.15. The third kappa shape index (κ3) is 3.14. The van der Waals surface area contributed by atoms with Gasteiger partial charge in [-0.25, -0.2) is 0 Å². The zero-order valence-electron chi connectivity index (χ0n) is 9.05. The Morgan fingerprint density at radius 1 is 1.50 bits per heavy atom. The van der Waals surface area contributed by atoms with Crippen LogP contribution in [0.1, 0.15) is 33.1 Å². The van der Waals surface area contributed by atoms with Crippen molar-refractivity contribution >= 4 is 5.91 Å². The minimum absolute atomic E-state index is 0.0422. The maximum Gasteiger partial charge on any atom is 0.224 e. The lowest BCUT2D eigenvalue weighted by Gasteiger charge is -2.14. The highest BCUT2D eigenvalue weighted by molar-refractivity contribution is 5.79. The molecule has 2 atom stereocenters. The Labute approximate surface area is 85.7 Å². The molecule has 80 valence electrons. The minimum atomic E-state index is 0.0422. The van der Waals surface area contributed by atoms with Gasteiger partial charge in [-0.3, -0.25) is 4.79 Å². The van der Waals surface area contributed by atoms with Crippen molar-refractivity contribution in [3.63, 3.8) is 0 Å². The molecule has 0 aromatic heterocycles. The number of nitrogens with two attached hydrogens (primary N) is 1. The van der Waals surface area contributed by atoms with Crippen molar-refractivity contribution in [1.29, 1.82) is 0 Å². The van der Waals surface area contributed by atoms with Crippen LogP contribution < -0.4 is 11.1 Å². The number of carbonyl (C=O) groups is 1. The van der Waals surface area contributed by atoms with Crippen LogP contribution in [0.25, 0.3) is 0 Å². The third-order valence-electron chi connectivity index (χ3n) is 2.69. The molecule has 1 aliphatic rings. The summed E-state index contributed by atoms with van der Waals surface area (Å²) in [6, 6.07) is 0.0710. The van der Waals surface area contributed by atoms with Crippen LogP contribution in [0.5, 0.6) is 0 Å². The van der Waals surface area contributed by atoms with E-state index in [1.807, 2.05) is 19.9 Å². The summed E-state index contributed by atoms with van der Waals surface area (Å²) in [6.07, 6.45) is 5.03. The molecule has 0 aliphatic heterocycles. The number of allylic oxidation sites excluding steroid dienone is 1. The van der Waals surface area contributed by atoms with Crippen molar-refractivity contribution in [1.82, 2.24) is 5.32 Å². The van der Waals surface area contributed by atoms with E-state index in [4.69, 9.17) is 5.73 Å². The number of rotatable bonds is 3. The lowest BCUT2D eigenvalue weighted by molar-refractivity contribution is -0.124. The van der Waals surface area contributed by atoms with E-state index < -0.39 is 0 Å². The van der Waals surface area contributed by atoms with Crippen molar-refractivity contribution in [2.75, 3.05) is 6.54 Å². The Hall–Kier alpha value is -0.830. The van der Waals surface area contributed by atoms with Crippen molar-refractivity contribution < 1.29 is 4.79 Å². The molecule has 1 rings (SSSR count). The van der Waals surface area contributed by atoms with Crippen molar-refractivity contribution in [3.05, 3.63) is 11.6 Å². The van der Waals surface area contributed by atoms with Crippen molar-refractivity contribution in [2.24, 2.45) is 11.7 Å². The van der Waals surface area contributed by atoms with Gasteiger partial charge in [0.25, 0.3) is 0 Å². The largest absolute Gasteiger partial charge is 0.352 e. The van der Waals surface area contributed by atoms with E-state index >= 15 is 0 Å². The van der Waals surface area contributed by atoms with Crippen LogP contribution >= 0.6 is 0 Å². The first-order valence-corrected chi connectivity index (χ1v) is 5.28. The van der Waals surface area contributed by atoms with Crippen LogP contribution in [0.2, 0.25) is 0 Å². The van der Waals surface area contributed by atoms with Gasteiger partial charge in [0, 0.05) is 12.6 Å². The van der Waals surface area contributed by atoms with Gasteiger partial charge < -0.3 is 11.1 Å². The van der Waals surface area contributed by atoms with Crippen LogP contribution in [-0.2, 0) is 4.79 Å². The van der Waals surface area contributed by atoms with Gasteiger partial charge in [-0.05, 0) is 26.7 Å². The topological polar surface area (TPSA) is 55.1 Å². The Balaban J connectivity index is 2.31. The Morgan fingerprint density at radius 2 is 2.21 bits per heavy atom. The molecule has 3 N–H and O–H groups in total. The molecule has 0 spiro atoms. The molecule has 3 heteroatoms. The van der Waals surface area contributed by atoms with E-state index in [1.165, 1.54) is 5.57 Å². The van der Waals surface area contributed by atoms with E-state index in [9.17, 15) is 4.79 Å². The van der Waals surface area contributed by atoms with Gasteiger partial charge in [0.05, 0.1) is 5.92 Å². The quantitative estimate of drug-likeness (QED) is 0.666. The average molecular weight is 196 g/mol. The highest BCUT2D eigenvalue weighted by atomic mass is 16.1. The maximum atomic E-state index is 11.6. The van der Waals surface area contributed by atoms with Gasteiger partial charge in [0.15, 0.2) is 0 Å². The summed E-state index contributed by atoms with van der Waals surface area (Å²) in [5.41, 5.74) is 7.06. The molecule has 14 heavy (non-hydrogen) atoms. The maximum absolute atomic E-state index is 11.6. The molecule has 0 radical (unpaired) electrons. The fourth-order valence-electron chi connectivity index (χ4n) is 1.80. The van der Waals surface area contributed by atoms with Crippen LogP contribution in [0.3, 0.4) is 0 Å². The normalized spacial score (nSPS) is 25.9. The molecule has 0 saturated heterocycles. The molecule has 0 heterocycles. The minimum Gasteiger partial charge on any atom is -0.352 e. The lowest BCUT2D eigenvalue weighted by atomic mass is 10.0. The van der Waals surface area contributed by atoms with Gasteiger partial charge >= 0.3 is 0 Å². The molecule has 1 saturated carbocycles. The van der Waals surface area contributed by atoms with Gasteiger partial charge in [-0.1, -0.05) is 18.1 Å². The Morgan fingerprint density at radius 3 is 2.71 bits per heavy atom. The number of hydrogen-bond acceptors (Lipinski definition) is 2. The summed E-state index contributed by atoms with van der Waals surface area (Å²) in [7, 11) is 0. The van der Waals surface area contributed by atoms with Crippen LogP contribution in [0, 0.1) is 5.92 Å². The fourth-order valence-corrected chi connectivity index (χ4v) is 1.80. The van der Waals surface area contributed by atoms with E-state index in [0.717, 1.165) is 19.3 Å². The molecule has 1 fully saturated rings. The number of amides is 1. The summed E-state index contributed by atoms with van der Waals surface area (Å²) in [5, 5.41) is 2.89. The first kappa shape index (κ1) is 11.2. The molecule has 3 nitrogen and oxygen atoms in total. The molecule has 0 aromatic rings. The fraction of sp³-hybridized carbons (Fsp3) is 0.727. The number of hydrogen-bond donors (Lipinski definition) is 2. The molecular formula is C11H20N2O. The summed E-state index contributed by atoms with van der Waals surface area (Å²) >= 11 is 0. The van der Waals surface area contributed by atoms with Crippen molar-refractivity contribution in [3.8, 4) is 0 Å². The van der Waals surface area contributed by atoms with Crippen LogP contribution in [0.4, 0.5) is 0 Å². The summed E-state index contributed by atoms with van der Waals surface area (Å²) in [6.45, 7) is 4.67. The van der Waals surface area contributed by atoms with Crippen LogP contribution in [-0.4, -0.2) is 18.5 Å². The second-order valence-corrected chi connectivity index (χ2v) is 4.23. The molecule has 0 bridgehead atoms. The molecule has 0 aromatic carbocycles. The third-order valence-corrected chi connectivity index (χ3v) is 2.69. The average Bonchev–Trinajstić information content (AvgIpc) is 2.50. The zero-order valence-corrected chi connectivity index (χ0v) is 9.05. The van der Waals surface area contributed by atoms with Crippen molar-refractivity contribution in [2.45, 2.75) is 39.2 Å². The highest BCUT2D eigenvalue weighted by Gasteiger charge is 2.29. The second-order valence-electron chi connectivity index (χ2n) is 4.23. The monoisotopic (exact) mass is 196 g/mol. The summed E-state index contributed by atoms with van der Waals surface area (Å²) < 4.78 is 0. The Bertz CT molecular complexity index is 231. The first-order valence-electron chi connectivity index (χ1n) is 5.28. The van der Waals surface area contributed by atoms with E-state index in [2.05, 4.69) is 5.32 Å². The summed E-state index contributed by atoms with van der Waals surface area (Å²) in [5.74, 6) is 0.160. The molecule has 1 amide bonds. The van der Waals surface area contributed by atoms with E-state index in [0.29, 0.717) is 6.54 Å². The molecule has 2 unspecified atom stereocenters. The van der Waals surface area contributed by atoms with E-state index in [1.54, 1.807) is 0 Å².